The van der Waals surface area contributed by atoms with Gasteiger partial charge in [0.05, 0.1) is 0 Å². The molecule has 0 aromatic heterocycles. The third-order valence-electron chi connectivity index (χ3n) is 4.06. The molecule has 0 aliphatic rings. The summed E-state index contributed by atoms with van der Waals surface area (Å²) in [5, 5.41) is 0. The van der Waals surface area contributed by atoms with E-state index in [2.05, 4.69) is 67.5 Å². The topological polar surface area (TPSA) is 20.3 Å². The number of rotatable bonds is 2. The summed E-state index contributed by atoms with van der Waals surface area (Å²) in [5.74, 6) is 0.568. The minimum atomic E-state index is -0.178. The molecule has 0 unspecified atom stereocenters. The van der Waals surface area contributed by atoms with Crippen molar-refractivity contribution in [3.05, 3.63) is 34.9 Å². The van der Waals surface area contributed by atoms with Crippen LogP contribution in [0.2, 0.25) is 0 Å². The number of amides is 1. The van der Waals surface area contributed by atoms with E-state index in [-0.39, 0.29) is 16.9 Å². The van der Waals surface area contributed by atoms with Crippen LogP contribution in [0.25, 0.3) is 0 Å². The van der Waals surface area contributed by atoms with Crippen LogP contribution in [0.15, 0.2) is 18.2 Å². The first-order valence-electron chi connectivity index (χ1n) is 7.78. The molecule has 1 amide bonds. The summed E-state index contributed by atoms with van der Waals surface area (Å²) in [5.41, 5.74) is 3.02. The zero-order valence-electron chi connectivity index (χ0n) is 15.2. The predicted octanol–water partition coefficient (Wildman–Crippen LogP) is 4.98. The van der Waals surface area contributed by atoms with Crippen molar-refractivity contribution in [1.29, 1.82) is 0 Å². The summed E-state index contributed by atoms with van der Waals surface area (Å²) in [4.78, 5) is 14.7. The van der Waals surface area contributed by atoms with E-state index in [0.29, 0.717) is 5.92 Å². The van der Waals surface area contributed by atoms with Crippen LogP contribution < -0.4 is 0 Å². The number of carbonyl (C=O) groups is 1. The van der Waals surface area contributed by atoms with Gasteiger partial charge < -0.3 is 4.90 Å². The van der Waals surface area contributed by atoms with Crippen molar-refractivity contribution in [3.63, 3.8) is 0 Å². The van der Waals surface area contributed by atoms with Crippen LogP contribution in [0.1, 0.15) is 82.8 Å². The quantitative estimate of drug-likeness (QED) is 0.752. The van der Waals surface area contributed by atoms with Gasteiger partial charge in [-0.25, -0.2) is 0 Å². The summed E-state index contributed by atoms with van der Waals surface area (Å²) >= 11 is 0. The van der Waals surface area contributed by atoms with Gasteiger partial charge in [-0.05, 0) is 49.3 Å². The molecule has 0 N–H and O–H groups in total. The number of benzene rings is 1. The standard InChI is InChI=1S/C19H31NO/c1-13(2)14-10-11-15(16(12-14)18(3,4)5)17(21)20(9)19(6,7)8/h10-13H,1-9H3. The van der Waals surface area contributed by atoms with Crippen LogP contribution in [0.3, 0.4) is 0 Å². The Morgan fingerprint density at radius 1 is 1.05 bits per heavy atom. The highest BCUT2D eigenvalue weighted by Gasteiger charge is 2.28. The van der Waals surface area contributed by atoms with Crippen molar-refractivity contribution >= 4 is 5.91 Å². The zero-order valence-corrected chi connectivity index (χ0v) is 15.2. The van der Waals surface area contributed by atoms with Gasteiger partial charge in [0.25, 0.3) is 5.91 Å². The van der Waals surface area contributed by atoms with Crippen molar-refractivity contribution in [1.82, 2.24) is 4.90 Å². The van der Waals surface area contributed by atoms with E-state index in [9.17, 15) is 4.79 Å². The summed E-state index contributed by atoms with van der Waals surface area (Å²) in [6.07, 6.45) is 0. The van der Waals surface area contributed by atoms with Crippen molar-refractivity contribution < 1.29 is 4.79 Å². The molecule has 0 saturated heterocycles. The summed E-state index contributed by atoms with van der Waals surface area (Å²) in [6.45, 7) is 17.1. The Balaban J connectivity index is 3.40. The largest absolute Gasteiger partial charge is 0.337 e. The molecule has 21 heavy (non-hydrogen) atoms. The van der Waals surface area contributed by atoms with Crippen LogP contribution in [0, 0.1) is 0 Å². The van der Waals surface area contributed by atoms with Gasteiger partial charge in [-0.1, -0.05) is 46.8 Å². The molecule has 0 spiro atoms. The molecular formula is C19H31NO. The van der Waals surface area contributed by atoms with Crippen LogP contribution in [-0.2, 0) is 5.41 Å². The maximum atomic E-state index is 12.9. The Morgan fingerprint density at radius 3 is 1.95 bits per heavy atom. The number of nitrogens with zero attached hydrogens (tertiary/aromatic N) is 1. The Kier molecular flexibility index (Phi) is 4.92. The van der Waals surface area contributed by atoms with E-state index in [1.165, 1.54) is 5.56 Å². The lowest BCUT2D eigenvalue weighted by molar-refractivity contribution is 0.0653. The van der Waals surface area contributed by atoms with E-state index in [1.54, 1.807) is 0 Å². The number of carbonyl (C=O) groups excluding carboxylic acids is 1. The normalized spacial score (nSPS) is 12.7. The molecule has 0 fully saturated rings. The van der Waals surface area contributed by atoms with Crippen LogP contribution in [0.5, 0.6) is 0 Å². The van der Waals surface area contributed by atoms with Crippen LogP contribution >= 0.6 is 0 Å². The van der Waals surface area contributed by atoms with Crippen molar-refractivity contribution in [3.8, 4) is 0 Å². The average Bonchev–Trinajstić information content (AvgIpc) is 2.34. The second kappa shape index (κ2) is 5.82. The average molecular weight is 289 g/mol. The highest BCUT2D eigenvalue weighted by atomic mass is 16.2. The third-order valence-corrected chi connectivity index (χ3v) is 4.06. The molecule has 1 aromatic rings. The predicted molar refractivity (Wildman–Crippen MR) is 91.1 cm³/mol. The van der Waals surface area contributed by atoms with Crippen LogP contribution in [0.4, 0.5) is 0 Å². The smallest absolute Gasteiger partial charge is 0.254 e. The van der Waals surface area contributed by atoms with Gasteiger partial charge in [-0.2, -0.15) is 0 Å². The third kappa shape index (κ3) is 4.09. The molecule has 2 heteroatoms. The minimum absolute atomic E-state index is 0.0470. The molecule has 1 aromatic carbocycles. The van der Waals surface area contributed by atoms with Gasteiger partial charge in [0.15, 0.2) is 0 Å². The Morgan fingerprint density at radius 2 is 1.57 bits per heavy atom. The molecule has 0 bridgehead atoms. The Labute approximate surface area is 130 Å². The summed E-state index contributed by atoms with van der Waals surface area (Å²) < 4.78 is 0. The fourth-order valence-corrected chi connectivity index (χ4v) is 2.21. The second-order valence-corrected chi connectivity index (χ2v) is 8.24. The molecule has 0 heterocycles. The highest BCUT2D eigenvalue weighted by Crippen LogP contribution is 2.30. The molecular weight excluding hydrogens is 258 g/mol. The Bertz CT molecular complexity index is 515. The summed E-state index contributed by atoms with van der Waals surface area (Å²) in [6, 6.07) is 6.29. The molecule has 118 valence electrons. The second-order valence-electron chi connectivity index (χ2n) is 8.24. The molecule has 0 aliphatic carbocycles. The van der Waals surface area contributed by atoms with E-state index in [4.69, 9.17) is 0 Å². The van der Waals surface area contributed by atoms with Crippen molar-refractivity contribution in [2.45, 2.75) is 72.3 Å². The van der Waals surface area contributed by atoms with Gasteiger partial charge in [0.1, 0.15) is 0 Å². The lowest BCUT2D eigenvalue weighted by atomic mass is 9.81. The van der Waals surface area contributed by atoms with Gasteiger partial charge in [0, 0.05) is 18.2 Å². The van der Waals surface area contributed by atoms with Gasteiger partial charge in [-0.3, -0.25) is 4.79 Å². The summed E-state index contributed by atoms with van der Waals surface area (Å²) in [7, 11) is 1.88. The zero-order chi connectivity index (χ0) is 16.6. The SMILES string of the molecule is CC(C)c1ccc(C(=O)N(C)C(C)(C)C)c(C(C)(C)C)c1. The molecule has 0 aliphatic heterocycles. The van der Waals surface area contributed by atoms with Gasteiger partial charge >= 0.3 is 0 Å². The molecule has 1 rings (SSSR count). The highest BCUT2D eigenvalue weighted by molar-refractivity contribution is 5.96. The fourth-order valence-electron chi connectivity index (χ4n) is 2.21. The number of hydrogen-bond donors (Lipinski definition) is 0. The van der Waals surface area contributed by atoms with E-state index in [0.717, 1.165) is 11.1 Å². The van der Waals surface area contributed by atoms with E-state index in [1.807, 2.05) is 18.0 Å². The minimum Gasteiger partial charge on any atom is -0.337 e. The first-order valence-corrected chi connectivity index (χ1v) is 7.78. The van der Waals surface area contributed by atoms with E-state index < -0.39 is 0 Å². The van der Waals surface area contributed by atoms with Crippen LogP contribution in [-0.4, -0.2) is 23.4 Å². The van der Waals surface area contributed by atoms with Gasteiger partial charge in [-0.15, -0.1) is 0 Å². The Hall–Kier alpha value is -1.31. The van der Waals surface area contributed by atoms with E-state index >= 15 is 0 Å². The fraction of sp³-hybridized carbons (Fsp3) is 0.632. The lowest BCUT2D eigenvalue weighted by Crippen LogP contribution is -2.43. The molecule has 0 saturated carbocycles. The van der Waals surface area contributed by atoms with Crippen molar-refractivity contribution in [2.24, 2.45) is 0 Å². The molecule has 0 atom stereocenters. The monoisotopic (exact) mass is 289 g/mol. The maximum Gasteiger partial charge on any atom is 0.254 e. The lowest BCUT2D eigenvalue weighted by Gasteiger charge is -2.34. The van der Waals surface area contributed by atoms with Crippen molar-refractivity contribution in [2.75, 3.05) is 7.05 Å². The maximum absolute atomic E-state index is 12.9. The number of hydrogen-bond acceptors (Lipinski definition) is 1. The first-order chi connectivity index (χ1) is 9.35. The van der Waals surface area contributed by atoms with Gasteiger partial charge in [0.2, 0.25) is 0 Å². The molecule has 2 nitrogen and oxygen atoms in total. The first kappa shape index (κ1) is 17.7. The molecule has 0 radical (unpaired) electrons.